The van der Waals surface area contributed by atoms with E-state index in [9.17, 15) is 9.90 Å². The molecular weight excluding hydrogens is 226 g/mol. The van der Waals surface area contributed by atoms with Crippen LogP contribution >= 0.6 is 0 Å². The molecular formula is C10H9N3O4. The first-order valence-electron chi connectivity index (χ1n) is 5.04. The predicted molar refractivity (Wildman–Crippen MR) is 54.4 cm³/mol. The Labute approximate surface area is 95.1 Å². The van der Waals surface area contributed by atoms with Crippen LogP contribution in [0, 0.1) is 6.92 Å². The summed E-state index contributed by atoms with van der Waals surface area (Å²) in [4.78, 5) is 11.0. The normalized spacial score (nSPS) is 17.6. The molecule has 1 atom stereocenters. The molecule has 1 aliphatic rings. The zero-order chi connectivity index (χ0) is 12.2. The lowest BCUT2D eigenvalue weighted by Gasteiger charge is -2.15. The van der Waals surface area contributed by atoms with E-state index in [1.165, 1.54) is 0 Å². The number of aliphatic hydroxyl groups excluding tert-OH is 1. The number of carbonyl (C=O) groups is 1. The third-order valence-electron chi connectivity index (χ3n) is 2.90. The van der Waals surface area contributed by atoms with Crippen LogP contribution in [0.1, 0.15) is 33.6 Å². The van der Waals surface area contributed by atoms with Gasteiger partial charge in [-0.05, 0) is 6.92 Å². The molecule has 3 rings (SSSR count). The number of fused-ring (bicyclic) bond motifs is 3. The highest BCUT2D eigenvalue weighted by Crippen LogP contribution is 2.40. The van der Waals surface area contributed by atoms with Crippen LogP contribution in [0.25, 0.3) is 11.3 Å². The fourth-order valence-corrected chi connectivity index (χ4v) is 2.17. The van der Waals surface area contributed by atoms with Crippen molar-refractivity contribution in [3.05, 3.63) is 22.7 Å². The molecule has 3 N–H and O–H groups in total. The molecule has 2 heterocycles. The van der Waals surface area contributed by atoms with Crippen LogP contribution in [0.2, 0.25) is 0 Å². The van der Waals surface area contributed by atoms with Crippen LogP contribution < -0.4 is 0 Å². The third-order valence-corrected chi connectivity index (χ3v) is 2.90. The standard InChI is InChI=1S/C10H9N3O4/c1-3-6-5(17-13-3)2-4(14)7-8(6)11-12-9(7)10(15)16/h4,14H,2H2,1H3,(H,11,12)(H,15,16). The van der Waals surface area contributed by atoms with Crippen LogP contribution in [0.3, 0.4) is 0 Å². The molecule has 0 aromatic carbocycles. The second-order valence-corrected chi connectivity index (χ2v) is 3.95. The summed E-state index contributed by atoms with van der Waals surface area (Å²) in [6.45, 7) is 1.75. The van der Waals surface area contributed by atoms with Crippen molar-refractivity contribution in [3.8, 4) is 11.3 Å². The fourth-order valence-electron chi connectivity index (χ4n) is 2.17. The molecule has 2 aromatic rings. The number of carboxylic acids is 1. The Morgan fingerprint density at radius 3 is 3.06 bits per heavy atom. The number of carboxylic acid groups (broad SMARTS) is 1. The number of nitrogens with zero attached hydrogens (tertiary/aromatic N) is 2. The Morgan fingerprint density at radius 2 is 2.35 bits per heavy atom. The van der Waals surface area contributed by atoms with E-state index in [-0.39, 0.29) is 12.1 Å². The van der Waals surface area contributed by atoms with E-state index >= 15 is 0 Å². The van der Waals surface area contributed by atoms with Crippen molar-refractivity contribution in [1.82, 2.24) is 15.4 Å². The zero-order valence-electron chi connectivity index (χ0n) is 8.89. The van der Waals surface area contributed by atoms with Crippen LogP contribution in [-0.4, -0.2) is 31.5 Å². The first-order valence-corrected chi connectivity index (χ1v) is 5.04. The summed E-state index contributed by atoms with van der Waals surface area (Å²) in [7, 11) is 0. The van der Waals surface area contributed by atoms with Gasteiger partial charge in [-0.25, -0.2) is 4.79 Å². The number of aromatic carboxylic acids is 1. The topological polar surface area (TPSA) is 112 Å². The third kappa shape index (κ3) is 1.22. The number of nitrogens with one attached hydrogen (secondary N) is 1. The number of aliphatic hydroxyl groups is 1. The van der Waals surface area contributed by atoms with Crippen LogP contribution in [0.5, 0.6) is 0 Å². The highest BCUT2D eigenvalue weighted by molar-refractivity contribution is 5.90. The maximum absolute atomic E-state index is 11.0. The summed E-state index contributed by atoms with van der Waals surface area (Å²) < 4.78 is 5.07. The summed E-state index contributed by atoms with van der Waals surface area (Å²) in [6.07, 6.45) is -0.724. The second-order valence-electron chi connectivity index (χ2n) is 3.95. The minimum atomic E-state index is -1.14. The first kappa shape index (κ1) is 10.0. The van der Waals surface area contributed by atoms with Crippen molar-refractivity contribution in [2.45, 2.75) is 19.4 Å². The minimum absolute atomic E-state index is 0.0845. The molecule has 0 saturated carbocycles. The van der Waals surface area contributed by atoms with Crippen molar-refractivity contribution < 1.29 is 19.5 Å². The number of aryl methyl sites for hydroxylation is 1. The van der Waals surface area contributed by atoms with Gasteiger partial charge in [0.15, 0.2) is 0 Å². The van der Waals surface area contributed by atoms with Gasteiger partial charge in [0.25, 0.3) is 0 Å². The number of rotatable bonds is 1. The van der Waals surface area contributed by atoms with Gasteiger partial charge < -0.3 is 14.7 Å². The van der Waals surface area contributed by atoms with Gasteiger partial charge in [0.05, 0.1) is 17.4 Å². The number of aromatic nitrogens is 3. The molecule has 0 amide bonds. The van der Waals surface area contributed by atoms with E-state index in [1.54, 1.807) is 6.92 Å². The minimum Gasteiger partial charge on any atom is -0.477 e. The van der Waals surface area contributed by atoms with E-state index in [2.05, 4.69) is 15.4 Å². The molecule has 0 radical (unpaired) electrons. The van der Waals surface area contributed by atoms with E-state index in [0.717, 1.165) is 0 Å². The summed E-state index contributed by atoms with van der Waals surface area (Å²) in [5.74, 6) is -0.610. The summed E-state index contributed by atoms with van der Waals surface area (Å²) in [6, 6.07) is 0. The van der Waals surface area contributed by atoms with Gasteiger partial charge in [-0.3, -0.25) is 5.10 Å². The molecule has 7 heteroatoms. The molecule has 0 saturated heterocycles. The van der Waals surface area contributed by atoms with Crippen LogP contribution in [0.15, 0.2) is 4.52 Å². The number of hydrogen-bond donors (Lipinski definition) is 3. The molecule has 0 fully saturated rings. The molecule has 2 aromatic heterocycles. The van der Waals surface area contributed by atoms with Crippen LogP contribution in [0.4, 0.5) is 0 Å². The van der Waals surface area contributed by atoms with E-state index in [4.69, 9.17) is 9.63 Å². The smallest absolute Gasteiger partial charge is 0.354 e. The van der Waals surface area contributed by atoms with Crippen molar-refractivity contribution in [2.75, 3.05) is 0 Å². The Bertz CT molecular complexity index is 613. The second kappa shape index (κ2) is 3.17. The van der Waals surface area contributed by atoms with Crippen molar-refractivity contribution in [1.29, 1.82) is 0 Å². The molecule has 88 valence electrons. The summed E-state index contributed by atoms with van der Waals surface area (Å²) >= 11 is 0. The Morgan fingerprint density at radius 1 is 1.59 bits per heavy atom. The van der Waals surface area contributed by atoms with Gasteiger partial charge >= 0.3 is 5.97 Å². The lowest BCUT2D eigenvalue weighted by Crippen LogP contribution is -2.12. The van der Waals surface area contributed by atoms with Gasteiger partial charge in [0.2, 0.25) is 0 Å². The molecule has 0 aliphatic heterocycles. The maximum Gasteiger partial charge on any atom is 0.354 e. The fraction of sp³-hybridized carbons (Fsp3) is 0.300. The largest absolute Gasteiger partial charge is 0.477 e. The summed E-state index contributed by atoms with van der Waals surface area (Å²) in [5.41, 5.74) is 1.94. The van der Waals surface area contributed by atoms with Gasteiger partial charge in [-0.2, -0.15) is 5.10 Å². The Hall–Kier alpha value is -2.15. The Balaban J connectivity index is 2.30. The molecule has 1 unspecified atom stereocenters. The number of hydrogen-bond acceptors (Lipinski definition) is 5. The average Bonchev–Trinajstić information content (AvgIpc) is 2.82. The highest BCUT2D eigenvalue weighted by Gasteiger charge is 2.34. The molecule has 17 heavy (non-hydrogen) atoms. The molecule has 1 aliphatic carbocycles. The maximum atomic E-state index is 11.0. The van der Waals surface area contributed by atoms with E-state index < -0.39 is 12.1 Å². The molecule has 7 nitrogen and oxygen atoms in total. The van der Waals surface area contributed by atoms with Gasteiger partial charge in [-0.1, -0.05) is 5.16 Å². The predicted octanol–water partition coefficient (Wildman–Crippen LogP) is 0.661. The first-order chi connectivity index (χ1) is 8.09. The number of aromatic amines is 1. The van der Waals surface area contributed by atoms with Crippen molar-refractivity contribution >= 4 is 5.97 Å². The van der Waals surface area contributed by atoms with E-state index in [1.807, 2.05) is 0 Å². The lowest BCUT2D eigenvalue weighted by atomic mass is 9.91. The average molecular weight is 235 g/mol. The van der Waals surface area contributed by atoms with Gasteiger partial charge in [-0.15, -0.1) is 0 Å². The summed E-state index contributed by atoms with van der Waals surface area (Å²) in [5, 5.41) is 29.1. The lowest BCUT2D eigenvalue weighted by molar-refractivity contribution is 0.0681. The van der Waals surface area contributed by atoms with Crippen molar-refractivity contribution in [3.63, 3.8) is 0 Å². The quantitative estimate of drug-likeness (QED) is 0.669. The molecule has 0 spiro atoms. The molecule has 0 bridgehead atoms. The SMILES string of the molecule is Cc1noc2c1-c1n[nH]c(C(=O)O)c1C(O)C2. The van der Waals surface area contributed by atoms with Crippen molar-refractivity contribution in [2.24, 2.45) is 0 Å². The van der Waals surface area contributed by atoms with Gasteiger partial charge in [0.1, 0.15) is 17.1 Å². The highest BCUT2D eigenvalue weighted by atomic mass is 16.5. The zero-order valence-corrected chi connectivity index (χ0v) is 8.89. The van der Waals surface area contributed by atoms with Crippen LogP contribution in [-0.2, 0) is 6.42 Å². The Kier molecular flexibility index (Phi) is 1.87. The van der Waals surface area contributed by atoms with Gasteiger partial charge in [0, 0.05) is 12.0 Å². The van der Waals surface area contributed by atoms with E-state index in [0.29, 0.717) is 28.3 Å². The monoisotopic (exact) mass is 235 g/mol. The number of H-pyrrole nitrogens is 1.